The van der Waals surface area contributed by atoms with Crippen molar-refractivity contribution in [1.29, 1.82) is 0 Å². The number of carbonyl (C=O) groups excluding carboxylic acids is 1. The largest absolute Gasteiger partial charge is 0.505 e. The van der Waals surface area contributed by atoms with Gasteiger partial charge in [-0.3, -0.25) is 9.78 Å². The average molecular weight is 445 g/mol. The molecule has 1 amide bonds. The highest BCUT2D eigenvalue weighted by molar-refractivity contribution is 6.35. The lowest BCUT2D eigenvalue weighted by Gasteiger charge is -2.19. The number of aromatic hydroxyl groups is 1. The molecule has 0 aliphatic rings. The molecule has 0 aliphatic heterocycles. The van der Waals surface area contributed by atoms with Crippen molar-refractivity contribution in [1.82, 2.24) is 10.3 Å². The van der Waals surface area contributed by atoms with Gasteiger partial charge in [-0.15, -0.1) is 0 Å². The topological polar surface area (TPSA) is 71.5 Å². The van der Waals surface area contributed by atoms with Crippen molar-refractivity contribution in [3.63, 3.8) is 0 Å². The van der Waals surface area contributed by atoms with Crippen LogP contribution >= 0.6 is 11.6 Å². The highest BCUT2D eigenvalue weighted by atomic mass is 35.5. The Bertz CT molecular complexity index is 1270. The molecule has 0 radical (unpaired) electrons. The molecular weight excluding hydrogens is 424 g/mol. The number of fused-ring (bicyclic) bond motifs is 1. The third-order valence-corrected chi connectivity index (χ3v) is 5.41. The van der Waals surface area contributed by atoms with Crippen LogP contribution in [0.3, 0.4) is 0 Å². The van der Waals surface area contributed by atoms with Gasteiger partial charge in [0.15, 0.2) is 0 Å². The summed E-state index contributed by atoms with van der Waals surface area (Å²) in [6.45, 7) is 0. The second kappa shape index (κ2) is 9.54. The molecule has 1 aromatic heterocycles. The van der Waals surface area contributed by atoms with Gasteiger partial charge in [0, 0.05) is 22.7 Å². The monoisotopic (exact) mass is 444 g/mol. The van der Waals surface area contributed by atoms with Crippen LogP contribution < -0.4 is 10.1 Å². The minimum atomic E-state index is -0.645. The van der Waals surface area contributed by atoms with E-state index in [2.05, 4.69) is 10.3 Å². The van der Waals surface area contributed by atoms with E-state index >= 15 is 0 Å². The van der Waals surface area contributed by atoms with Gasteiger partial charge in [0.05, 0.1) is 18.2 Å². The predicted molar refractivity (Wildman–Crippen MR) is 127 cm³/mol. The third-order valence-electron chi connectivity index (χ3n) is 5.10. The van der Waals surface area contributed by atoms with Gasteiger partial charge in [0.1, 0.15) is 17.0 Å². The maximum Gasteiger partial charge on any atom is 0.252 e. The number of amides is 1. The van der Waals surface area contributed by atoms with E-state index in [-0.39, 0.29) is 11.7 Å². The number of nitrogens with one attached hydrogen (secondary N) is 1. The van der Waals surface area contributed by atoms with E-state index in [1.165, 1.54) is 0 Å². The first-order chi connectivity index (χ1) is 15.6. The molecule has 4 rings (SSSR count). The summed E-state index contributed by atoms with van der Waals surface area (Å²) in [7, 11) is 1.57. The molecule has 4 aromatic rings. The van der Waals surface area contributed by atoms with Crippen LogP contribution in [-0.4, -0.2) is 23.1 Å². The summed E-state index contributed by atoms with van der Waals surface area (Å²) >= 11 is 6.48. The summed E-state index contributed by atoms with van der Waals surface area (Å²) in [5.74, 6) is 0.335. The second-order valence-electron chi connectivity index (χ2n) is 7.15. The van der Waals surface area contributed by atoms with Gasteiger partial charge in [0.2, 0.25) is 0 Å². The number of halogens is 1. The van der Waals surface area contributed by atoms with Gasteiger partial charge in [-0.1, -0.05) is 54.1 Å². The summed E-state index contributed by atoms with van der Waals surface area (Å²) in [4.78, 5) is 17.3. The number of phenolic OH excluding ortho intramolecular Hbond substituents is 1. The number of methoxy groups -OCH3 is 1. The Labute approximate surface area is 191 Å². The van der Waals surface area contributed by atoms with Crippen molar-refractivity contribution in [2.24, 2.45) is 0 Å². The zero-order valence-electron chi connectivity index (χ0n) is 17.3. The molecule has 1 atom stereocenters. The fourth-order valence-electron chi connectivity index (χ4n) is 3.41. The van der Waals surface area contributed by atoms with E-state index in [0.717, 1.165) is 5.56 Å². The summed E-state index contributed by atoms with van der Waals surface area (Å²) < 4.78 is 5.16. The lowest BCUT2D eigenvalue weighted by atomic mass is 10.0. The number of nitrogens with zero attached hydrogens (tertiary/aromatic N) is 1. The van der Waals surface area contributed by atoms with E-state index in [9.17, 15) is 9.90 Å². The average Bonchev–Trinajstić information content (AvgIpc) is 2.84. The van der Waals surface area contributed by atoms with Gasteiger partial charge >= 0.3 is 0 Å². The Morgan fingerprint density at radius 3 is 2.56 bits per heavy atom. The summed E-state index contributed by atoms with van der Waals surface area (Å²) in [5.41, 5.74) is 2.26. The quantitative estimate of drug-likeness (QED) is 0.395. The Morgan fingerprint density at radius 1 is 1.09 bits per heavy atom. The van der Waals surface area contributed by atoms with Crippen LogP contribution in [0, 0.1) is 0 Å². The van der Waals surface area contributed by atoms with E-state index in [1.54, 1.807) is 55.8 Å². The molecule has 32 heavy (non-hydrogen) atoms. The zero-order chi connectivity index (χ0) is 22.5. The molecular formula is C26H21ClN2O3. The molecule has 0 bridgehead atoms. The molecule has 0 saturated heterocycles. The Kier molecular flexibility index (Phi) is 6.38. The number of pyridine rings is 1. The third kappa shape index (κ3) is 4.58. The molecule has 0 fully saturated rings. The fourth-order valence-corrected chi connectivity index (χ4v) is 3.68. The van der Waals surface area contributed by atoms with E-state index < -0.39 is 6.04 Å². The van der Waals surface area contributed by atoms with Crippen molar-refractivity contribution in [2.45, 2.75) is 6.04 Å². The van der Waals surface area contributed by atoms with Crippen molar-refractivity contribution < 1.29 is 14.6 Å². The van der Waals surface area contributed by atoms with Gasteiger partial charge in [-0.25, -0.2) is 0 Å². The maximum atomic E-state index is 13.0. The summed E-state index contributed by atoms with van der Waals surface area (Å²) in [6, 6.07) is 21.1. The van der Waals surface area contributed by atoms with Crippen molar-refractivity contribution in [2.75, 3.05) is 7.11 Å². The molecule has 0 aliphatic carbocycles. The van der Waals surface area contributed by atoms with E-state index in [1.807, 2.05) is 42.5 Å². The number of carbonyl (C=O) groups is 1. The first kappa shape index (κ1) is 21.4. The highest BCUT2D eigenvalue weighted by Crippen LogP contribution is 2.37. The molecule has 3 aromatic carbocycles. The highest BCUT2D eigenvalue weighted by Gasteiger charge is 2.20. The van der Waals surface area contributed by atoms with Crippen molar-refractivity contribution in [3.05, 3.63) is 107 Å². The van der Waals surface area contributed by atoms with E-state index in [0.29, 0.717) is 32.8 Å². The fraction of sp³-hybridized carbons (Fsp3) is 0.0769. The number of ether oxygens (including phenoxy) is 1. The Balaban J connectivity index is 1.74. The Morgan fingerprint density at radius 2 is 1.84 bits per heavy atom. The van der Waals surface area contributed by atoms with Crippen LogP contribution in [0.2, 0.25) is 5.02 Å². The van der Waals surface area contributed by atoms with Crippen LogP contribution in [0.25, 0.3) is 17.0 Å². The molecule has 5 nitrogen and oxygen atoms in total. The molecule has 0 spiro atoms. The second-order valence-corrected chi connectivity index (χ2v) is 7.55. The van der Waals surface area contributed by atoms with Crippen LogP contribution in [0.4, 0.5) is 0 Å². The molecule has 160 valence electrons. The normalized spacial score (nSPS) is 12.1. The number of hydrogen-bond donors (Lipinski definition) is 2. The lowest BCUT2D eigenvalue weighted by Crippen LogP contribution is -2.27. The van der Waals surface area contributed by atoms with Gasteiger partial charge in [-0.2, -0.15) is 0 Å². The Hall–Kier alpha value is -3.83. The zero-order valence-corrected chi connectivity index (χ0v) is 18.1. The molecule has 0 unspecified atom stereocenters. The number of hydrogen-bond acceptors (Lipinski definition) is 4. The number of aromatic nitrogens is 1. The van der Waals surface area contributed by atoms with Crippen molar-refractivity contribution in [3.8, 4) is 11.5 Å². The maximum absolute atomic E-state index is 13.0. The van der Waals surface area contributed by atoms with Crippen molar-refractivity contribution >= 4 is 34.5 Å². The van der Waals surface area contributed by atoms with Crippen LogP contribution in [0.1, 0.15) is 27.5 Å². The molecule has 6 heteroatoms. The van der Waals surface area contributed by atoms with Gasteiger partial charge < -0.3 is 15.2 Å². The van der Waals surface area contributed by atoms with Crippen LogP contribution in [0.15, 0.2) is 85.1 Å². The lowest BCUT2D eigenvalue weighted by molar-refractivity contribution is 0.0944. The number of rotatable bonds is 6. The SMILES string of the molecule is COc1ccc(C(=O)N[C@@H](/C=C/c2ccccc2)c2cc(Cl)c3cccnc3c2O)cc1. The summed E-state index contributed by atoms with van der Waals surface area (Å²) in [5, 5.41) is 15.0. The number of benzene rings is 3. The van der Waals surface area contributed by atoms with Crippen LogP contribution in [0.5, 0.6) is 11.5 Å². The first-order valence-electron chi connectivity index (χ1n) is 10.0. The smallest absolute Gasteiger partial charge is 0.252 e. The van der Waals surface area contributed by atoms with Gasteiger partial charge in [-0.05, 0) is 48.0 Å². The first-order valence-corrected chi connectivity index (χ1v) is 10.4. The number of phenols is 1. The van der Waals surface area contributed by atoms with Crippen LogP contribution in [-0.2, 0) is 0 Å². The minimum absolute atomic E-state index is 0.0252. The minimum Gasteiger partial charge on any atom is -0.505 e. The predicted octanol–water partition coefficient (Wildman–Crippen LogP) is 5.79. The molecule has 2 N–H and O–H groups in total. The standard InChI is InChI=1S/C26H21ClN2O3/c1-32-19-12-10-18(11-13-19)26(31)29-23(14-9-17-6-3-2-4-7-17)21-16-22(27)20-8-5-15-28-24(20)25(21)30/h2-16,23,30H,1H3,(H,29,31)/b14-9+/t23-/m0/s1. The molecule has 0 saturated carbocycles. The molecule has 1 heterocycles. The van der Waals surface area contributed by atoms with Gasteiger partial charge in [0.25, 0.3) is 5.91 Å². The summed E-state index contributed by atoms with van der Waals surface area (Å²) in [6.07, 6.45) is 5.29. The van der Waals surface area contributed by atoms with E-state index in [4.69, 9.17) is 16.3 Å².